The molecule has 7 heteroatoms. The van der Waals surface area contributed by atoms with Gasteiger partial charge in [-0.2, -0.15) is 9.50 Å². The fourth-order valence-electron chi connectivity index (χ4n) is 2.78. The van der Waals surface area contributed by atoms with Gasteiger partial charge in [0, 0.05) is 24.2 Å². The summed E-state index contributed by atoms with van der Waals surface area (Å²) in [6.07, 6.45) is 2.06. The molecule has 0 unspecified atom stereocenters. The number of rotatable bonds is 4. The van der Waals surface area contributed by atoms with Gasteiger partial charge in [0.25, 0.3) is 5.78 Å². The van der Waals surface area contributed by atoms with E-state index in [1.807, 2.05) is 0 Å². The molecule has 0 amide bonds. The summed E-state index contributed by atoms with van der Waals surface area (Å²) in [7, 11) is 1.48. The van der Waals surface area contributed by atoms with Crippen molar-refractivity contribution in [3.63, 3.8) is 0 Å². The van der Waals surface area contributed by atoms with E-state index in [0.29, 0.717) is 35.0 Å². The molecule has 26 heavy (non-hydrogen) atoms. The van der Waals surface area contributed by atoms with E-state index < -0.39 is 0 Å². The van der Waals surface area contributed by atoms with Crippen LogP contribution in [0.3, 0.4) is 0 Å². The van der Waals surface area contributed by atoms with Crippen LogP contribution in [0.5, 0.6) is 5.75 Å². The first kappa shape index (κ1) is 16.1. The van der Waals surface area contributed by atoms with Crippen LogP contribution in [0.15, 0.2) is 54.7 Å². The van der Waals surface area contributed by atoms with Gasteiger partial charge in [-0.15, -0.1) is 5.10 Å². The summed E-state index contributed by atoms with van der Waals surface area (Å²) in [6, 6.07) is 12.3. The Kier molecular flexibility index (Phi) is 4.04. The Bertz CT molecular complexity index is 1080. The zero-order valence-corrected chi connectivity index (χ0v) is 13.9. The lowest BCUT2D eigenvalue weighted by Crippen LogP contribution is -1.99. The van der Waals surface area contributed by atoms with Gasteiger partial charge in [0.05, 0.1) is 12.8 Å². The third kappa shape index (κ3) is 2.99. The molecule has 4 rings (SSSR count). The maximum absolute atomic E-state index is 13.5. The zero-order valence-electron chi connectivity index (χ0n) is 13.9. The van der Waals surface area contributed by atoms with Gasteiger partial charge in [0.1, 0.15) is 17.4 Å². The Morgan fingerprint density at radius 2 is 1.77 bits per heavy atom. The van der Waals surface area contributed by atoms with E-state index in [9.17, 15) is 8.78 Å². The molecule has 0 radical (unpaired) electrons. The minimum Gasteiger partial charge on any atom is -0.496 e. The van der Waals surface area contributed by atoms with Crippen LogP contribution in [-0.4, -0.2) is 26.7 Å². The van der Waals surface area contributed by atoms with Gasteiger partial charge >= 0.3 is 0 Å². The second kappa shape index (κ2) is 6.51. The first-order chi connectivity index (χ1) is 12.6. The number of aromatic nitrogens is 4. The Hall–Kier alpha value is -3.35. The van der Waals surface area contributed by atoms with Crippen LogP contribution in [0.4, 0.5) is 8.78 Å². The largest absolute Gasteiger partial charge is 0.496 e. The molecule has 0 spiro atoms. The molecular formula is C19H14F2N4O. The lowest BCUT2D eigenvalue weighted by Gasteiger charge is -2.09. The predicted molar refractivity (Wildman–Crippen MR) is 91.9 cm³/mol. The zero-order chi connectivity index (χ0) is 18.1. The summed E-state index contributed by atoms with van der Waals surface area (Å²) >= 11 is 0. The molecular weight excluding hydrogens is 338 g/mol. The normalized spacial score (nSPS) is 11.0. The summed E-state index contributed by atoms with van der Waals surface area (Å²) in [5.41, 5.74) is 2.26. The Balaban J connectivity index is 1.78. The van der Waals surface area contributed by atoms with E-state index in [1.54, 1.807) is 35.0 Å². The molecule has 0 bridgehead atoms. The molecule has 0 aliphatic rings. The first-order valence-electron chi connectivity index (χ1n) is 7.93. The molecule has 0 aliphatic carbocycles. The molecule has 2 heterocycles. The van der Waals surface area contributed by atoms with Crippen molar-refractivity contribution in [3.8, 4) is 17.0 Å². The molecule has 2 aromatic heterocycles. The molecule has 2 aromatic carbocycles. The van der Waals surface area contributed by atoms with Crippen molar-refractivity contribution in [1.29, 1.82) is 0 Å². The fourth-order valence-corrected chi connectivity index (χ4v) is 2.78. The Morgan fingerprint density at radius 1 is 1.00 bits per heavy atom. The van der Waals surface area contributed by atoms with Gasteiger partial charge in [0.15, 0.2) is 5.82 Å². The van der Waals surface area contributed by atoms with Gasteiger partial charge in [-0.3, -0.25) is 0 Å². The van der Waals surface area contributed by atoms with Crippen molar-refractivity contribution < 1.29 is 13.5 Å². The van der Waals surface area contributed by atoms with Gasteiger partial charge in [-0.25, -0.2) is 13.8 Å². The van der Waals surface area contributed by atoms with E-state index >= 15 is 0 Å². The summed E-state index contributed by atoms with van der Waals surface area (Å²) in [4.78, 5) is 8.65. The van der Waals surface area contributed by atoms with Crippen molar-refractivity contribution in [1.82, 2.24) is 19.6 Å². The SMILES string of the molecule is COc1cc(F)ccc1-c1ccnc2nc(Cc3ccc(F)cc3)nn12. The first-order valence-corrected chi connectivity index (χ1v) is 7.93. The Labute approximate surface area is 147 Å². The molecule has 4 aromatic rings. The number of methoxy groups -OCH3 is 1. The molecule has 0 aliphatic heterocycles. The fraction of sp³-hybridized carbons (Fsp3) is 0.105. The summed E-state index contributed by atoms with van der Waals surface area (Å²) in [6.45, 7) is 0. The number of ether oxygens (including phenoxy) is 1. The minimum absolute atomic E-state index is 0.288. The number of fused-ring (bicyclic) bond motifs is 1. The molecule has 130 valence electrons. The van der Waals surface area contributed by atoms with Crippen LogP contribution in [-0.2, 0) is 6.42 Å². The highest BCUT2D eigenvalue weighted by Crippen LogP contribution is 2.30. The van der Waals surface area contributed by atoms with Crippen LogP contribution in [0, 0.1) is 11.6 Å². The van der Waals surface area contributed by atoms with E-state index in [1.165, 1.54) is 31.4 Å². The summed E-state index contributed by atoms with van der Waals surface area (Å²) in [5, 5.41) is 4.50. The predicted octanol–water partition coefficient (Wildman–Crippen LogP) is 3.67. The third-order valence-electron chi connectivity index (χ3n) is 4.00. The van der Waals surface area contributed by atoms with Gasteiger partial charge in [-0.1, -0.05) is 12.1 Å². The maximum atomic E-state index is 13.5. The number of nitrogens with zero attached hydrogens (tertiary/aromatic N) is 4. The highest BCUT2D eigenvalue weighted by molar-refractivity contribution is 5.68. The van der Waals surface area contributed by atoms with Crippen molar-refractivity contribution in [2.45, 2.75) is 6.42 Å². The molecule has 0 saturated carbocycles. The standard InChI is InChI=1S/C19H14F2N4O/c1-26-17-11-14(21)6-7-15(17)16-8-9-22-19-23-18(24-25(16)19)10-12-2-4-13(20)5-3-12/h2-9,11H,10H2,1H3. The lowest BCUT2D eigenvalue weighted by atomic mass is 10.1. The second-order valence-electron chi connectivity index (χ2n) is 5.72. The highest BCUT2D eigenvalue weighted by atomic mass is 19.1. The number of hydrogen-bond donors (Lipinski definition) is 0. The maximum Gasteiger partial charge on any atom is 0.252 e. The smallest absolute Gasteiger partial charge is 0.252 e. The van der Waals surface area contributed by atoms with Gasteiger partial charge < -0.3 is 4.74 Å². The average molecular weight is 352 g/mol. The summed E-state index contributed by atoms with van der Waals surface area (Å²) < 4.78 is 33.4. The van der Waals surface area contributed by atoms with E-state index in [4.69, 9.17) is 4.74 Å². The van der Waals surface area contributed by atoms with Crippen molar-refractivity contribution in [2.24, 2.45) is 0 Å². The van der Waals surface area contributed by atoms with Gasteiger partial charge in [0.2, 0.25) is 0 Å². The molecule has 5 nitrogen and oxygen atoms in total. The minimum atomic E-state index is -0.383. The summed E-state index contributed by atoms with van der Waals surface area (Å²) in [5.74, 6) is 0.701. The molecule has 0 N–H and O–H groups in total. The number of hydrogen-bond acceptors (Lipinski definition) is 4. The average Bonchev–Trinajstić information content (AvgIpc) is 3.06. The van der Waals surface area contributed by atoms with Crippen LogP contribution < -0.4 is 4.74 Å². The van der Waals surface area contributed by atoms with Crippen molar-refractivity contribution in [3.05, 3.63) is 77.8 Å². The second-order valence-corrected chi connectivity index (χ2v) is 5.72. The van der Waals surface area contributed by atoms with Crippen LogP contribution in [0.2, 0.25) is 0 Å². The quantitative estimate of drug-likeness (QED) is 0.562. The molecule has 0 fully saturated rings. The van der Waals surface area contributed by atoms with Crippen molar-refractivity contribution >= 4 is 5.78 Å². The Morgan fingerprint density at radius 3 is 2.54 bits per heavy atom. The van der Waals surface area contributed by atoms with E-state index in [2.05, 4.69) is 15.1 Å². The van der Waals surface area contributed by atoms with E-state index in [-0.39, 0.29) is 11.6 Å². The molecule has 0 atom stereocenters. The monoisotopic (exact) mass is 352 g/mol. The highest BCUT2D eigenvalue weighted by Gasteiger charge is 2.14. The number of halogens is 2. The van der Waals surface area contributed by atoms with Crippen LogP contribution in [0.1, 0.15) is 11.4 Å². The third-order valence-corrected chi connectivity index (χ3v) is 4.00. The van der Waals surface area contributed by atoms with Crippen LogP contribution >= 0.6 is 0 Å². The van der Waals surface area contributed by atoms with E-state index in [0.717, 1.165) is 5.56 Å². The van der Waals surface area contributed by atoms with Crippen molar-refractivity contribution in [2.75, 3.05) is 7.11 Å². The van der Waals surface area contributed by atoms with Crippen LogP contribution in [0.25, 0.3) is 17.0 Å². The van der Waals surface area contributed by atoms with Gasteiger partial charge in [-0.05, 0) is 35.9 Å². The number of benzene rings is 2. The topological polar surface area (TPSA) is 52.3 Å². The molecule has 0 saturated heterocycles. The lowest BCUT2D eigenvalue weighted by molar-refractivity contribution is 0.412.